The first-order valence-corrected chi connectivity index (χ1v) is 28.5. The first kappa shape index (κ1) is 56.0. The standard InChI is InChI=1S/C40H35NO2.C38H31NO2/c1-2-29-3-9-32(10-4-29)35-15-21-38(22-16-35)41(39-23-17-36(18-24-39)33-11-5-30(27-42)6-12-33)40-25-19-37(20-26-40)34-13-7-31(28-43)8-14-34;40-26-28-6-10-31(11-7-28)34-16-22-37(23-17-34)39(36-20-14-33(15-21-36)30-4-2-1-3-5-30)38-24-18-35(19-25-38)32-12-8-29(27-41)9-13-32/h3-26,42-43H,2,27-28H2,1H3;1-25,40-41H,26-27H2. The zero-order valence-corrected chi connectivity index (χ0v) is 47.0. The fourth-order valence-electron chi connectivity index (χ4n) is 10.5. The molecule has 0 bridgehead atoms. The molecule has 12 rings (SSSR count). The molecule has 0 aromatic heterocycles. The fraction of sp³-hybridized carbons (Fsp3) is 0.0769. The predicted octanol–water partition coefficient (Wildman–Crippen LogP) is 18.8. The van der Waals surface area contributed by atoms with Crippen LogP contribution in [0, 0.1) is 0 Å². The molecule has 6 heteroatoms. The third kappa shape index (κ3) is 13.2. The summed E-state index contributed by atoms with van der Waals surface area (Å²) in [6, 6.07) is 103. The molecular weight excluding hydrogens is 1030 g/mol. The molecule has 0 aliphatic heterocycles. The molecular formula is C78H66N2O4. The Labute approximate surface area is 493 Å². The van der Waals surface area contributed by atoms with Gasteiger partial charge in [0.25, 0.3) is 0 Å². The van der Waals surface area contributed by atoms with Gasteiger partial charge in [-0.3, -0.25) is 0 Å². The van der Waals surface area contributed by atoms with E-state index in [9.17, 15) is 20.4 Å². The van der Waals surface area contributed by atoms with Gasteiger partial charge in [0.05, 0.1) is 26.4 Å². The minimum absolute atomic E-state index is 0.0454. The maximum Gasteiger partial charge on any atom is 0.0681 e. The zero-order valence-electron chi connectivity index (χ0n) is 47.0. The Hall–Kier alpha value is -9.92. The molecule has 412 valence electrons. The SMILES string of the molecule is CCc1ccc(-c2ccc(N(c3ccc(-c4ccc(CO)cc4)cc3)c3ccc(-c4ccc(CO)cc4)cc3)cc2)cc1.OCc1ccc(-c2ccc(N(c3ccc(-c4ccccc4)cc3)c3ccc(-c4ccc(CO)cc4)cc3)cc2)cc1. The van der Waals surface area contributed by atoms with Gasteiger partial charge in [-0.25, -0.2) is 0 Å². The summed E-state index contributed by atoms with van der Waals surface area (Å²) in [6.07, 6.45) is 1.04. The van der Waals surface area contributed by atoms with E-state index in [0.717, 1.165) is 107 Å². The molecule has 0 saturated heterocycles. The second-order valence-corrected chi connectivity index (χ2v) is 20.8. The highest BCUT2D eigenvalue weighted by Crippen LogP contribution is 2.40. The lowest BCUT2D eigenvalue weighted by molar-refractivity contribution is 0.281. The van der Waals surface area contributed by atoms with Crippen molar-refractivity contribution in [1.29, 1.82) is 0 Å². The van der Waals surface area contributed by atoms with Crippen LogP contribution in [0.25, 0.3) is 66.8 Å². The number of aryl methyl sites for hydroxylation is 1. The van der Waals surface area contributed by atoms with E-state index >= 15 is 0 Å². The van der Waals surface area contributed by atoms with Gasteiger partial charge in [-0.05, 0) is 174 Å². The summed E-state index contributed by atoms with van der Waals surface area (Å²) >= 11 is 0. The van der Waals surface area contributed by atoms with E-state index in [2.05, 4.69) is 235 Å². The van der Waals surface area contributed by atoms with Crippen molar-refractivity contribution in [1.82, 2.24) is 0 Å². The molecule has 4 N–H and O–H groups in total. The van der Waals surface area contributed by atoms with E-state index < -0.39 is 0 Å². The highest BCUT2D eigenvalue weighted by molar-refractivity contribution is 5.83. The number of hydrogen-bond acceptors (Lipinski definition) is 6. The lowest BCUT2D eigenvalue weighted by Crippen LogP contribution is -2.09. The van der Waals surface area contributed by atoms with Crippen LogP contribution in [0.15, 0.2) is 297 Å². The van der Waals surface area contributed by atoms with Crippen molar-refractivity contribution in [3.8, 4) is 66.8 Å². The molecule has 84 heavy (non-hydrogen) atoms. The predicted molar refractivity (Wildman–Crippen MR) is 348 cm³/mol. The third-order valence-electron chi connectivity index (χ3n) is 15.4. The Bertz CT molecular complexity index is 3680. The normalized spacial score (nSPS) is 10.9. The number of nitrogens with zero attached hydrogens (tertiary/aromatic N) is 2. The summed E-state index contributed by atoms with van der Waals surface area (Å²) in [4.78, 5) is 4.55. The van der Waals surface area contributed by atoms with Crippen molar-refractivity contribution in [2.75, 3.05) is 9.80 Å². The molecule has 0 saturated carbocycles. The molecule has 12 aromatic carbocycles. The van der Waals surface area contributed by atoms with Gasteiger partial charge in [0, 0.05) is 34.1 Å². The van der Waals surface area contributed by atoms with Crippen molar-refractivity contribution in [3.05, 3.63) is 325 Å². The van der Waals surface area contributed by atoms with Crippen molar-refractivity contribution < 1.29 is 20.4 Å². The Kier molecular flexibility index (Phi) is 17.8. The number of aliphatic hydroxyl groups excluding tert-OH is 4. The Morgan fingerprint density at radius 2 is 0.345 bits per heavy atom. The quantitative estimate of drug-likeness (QED) is 0.0727. The molecule has 6 nitrogen and oxygen atoms in total. The van der Waals surface area contributed by atoms with Crippen LogP contribution in [0.4, 0.5) is 34.1 Å². The van der Waals surface area contributed by atoms with E-state index in [-0.39, 0.29) is 26.4 Å². The highest BCUT2D eigenvalue weighted by atomic mass is 16.3. The molecule has 0 spiro atoms. The average molecular weight is 1100 g/mol. The summed E-state index contributed by atoms with van der Waals surface area (Å²) in [5.74, 6) is 0. The van der Waals surface area contributed by atoms with Crippen LogP contribution in [0.1, 0.15) is 34.7 Å². The lowest BCUT2D eigenvalue weighted by atomic mass is 10.0. The highest BCUT2D eigenvalue weighted by Gasteiger charge is 2.16. The summed E-state index contributed by atoms with van der Waals surface area (Å²) in [5.41, 5.74) is 25.1. The summed E-state index contributed by atoms with van der Waals surface area (Å²) in [6.45, 7) is 2.36. The lowest BCUT2D eigenvalue weighted by Gasteiger charge is -2.26. The number of aliphatic hydroxyl groups is 4. The number of hydrogen-bond donors (Lipinski definition) is 4. The van der Waals surface area contributed by atoms with Crippen LogP contribution in [0.3, 0.4) is 0 Å². The Morgan fingerprint density at radius 3 is 0.512 bits per heavy atom. The molecule has 0 heterocycles. The van der Waals surface area contributed by atoms with Crippen LogP contribution < -0.4 is 9.80 Å². The van der Waals surface area contributed by atoms with Crippen LogP contribution in [-0.2, 0) is 32.8 Å². The van der Waals surface area contributed by atoms with Gasteiger partial charge in [-0.1, -0.05) is 231 Å². The first-order valence-electron chi connectivity index (χ1n) is 28.5. The van der Waals surface area contributed by atoms with E-state index in [1.54, 1.807) is 0 Å². The summed E-state index contributed by atoms with van der Waals surface area (Å²) in [7, 11) is 0. The van der Waals surface area contributed by atoms with Gasteiger partial charge in [-0.15, -0.1) is 0 Å². The molecule has 0 atom stereocenters. The maximum atomic E-state index is 9.40. The summed E-state index contributed by atoms with van der Waals surface area (Å²) in [5, 5.41) is 37.6. The van der Waals surface area contributed by atoms with Gasteiger partial charge in [0.15, 0.2) is 0 Å². The van der Waals surface area contributed by atoms with Gasteiger partial charge < -0.3 is 30.2 Å². The molecule has 0 amide bonds. The number of anilines is 6. The topological polar surface area (TPSA) is 87.4 Å². The van der Waals surface area contributed by atoms with Crippen molar-refractivity contribution in [2.24, 2.45) is 0 Å². The van der Waals surface area contributed by atoms with Crippen LogP contribution in [0.2, 0.25) is 0 Å². The molecule has 0 fully saturated rings. The van der Waals surface area contributed by atoms with Crippen LogP contribution in [0.5, 0.6) is 0 Å². The minimum atomic E-state index is 0.0454. The van der Waals surface area contributed by atoms with Crippen molar-refractivity contribution in [3.63, 3.8) is 0 Å². The second-order valence-electron chi connectivity index (χ2n) is 20.8. The van der Waals surface area contributed by atoms with Crippen molar-refractivity contribution in [2.45, 2.75) is 39.8 Å². The molecule has 0 aliphatic carbocycles. The maximum absolute atomic E-state index is 9.40. The minimum Gasteiger partial charge on any atom is -0.392 e. The molecule has 0 unspecified atom stereocenters. The van der Waals surface area contributed by atoms with E-state index in [1.165, 1.54) is 27.8 Å². The fourth-order valence-corrected chi connectivity index (χ4v) is 10.5. The Morgan fingerprint density at radius 1 is 0.190 bits per heavy atom. The Balaban J connectivity index is 0.000000176. The smallest absolute Gasteiger partial charge is 0.0681 e. The molecule has 0 aliphatic rings. The van der Waals surface area contributed by atoms with Crippen LogP contribution in [-0.4, -0.2) is 20.4 Å². The number of rotatable bonds is 17. The van der Waals surface area contributed by atoms with Crippen molar-refractivity contribution >= 4 is 34.1 Å². The second kappa shape index (κ2) is 26.8. The largest absolute Gasteiger partial charge is 0.392 e. The average Bonchev–Trinajstić information content (AvgIpc) is 3.68. The zero-order chi connectivity index (χ0) is 57.6. The van der Waals surface area contributed by atoms with E-state index in [4.69, 9.17) is 0 Å². The monoisotopic (exact) mass is 1090 g/mol. The number of benzene rings is 12. The molecule has 12 aromatic rings. The van der Waals surface area contributed by atoms with Gasteiger partial charge in [0.1, 0.15) is 0 Å². The summed E-state index contributed by atoms with van der Waals surface area (Å²) < 4.78 is 0. The van der Waals surface area contributed by atoms with Gasteiger partial charge >= 0.3 is 0 Å². The van der Waals surface area contributed by atoms with Gasteiger partial charge in [0.2, 0.25) is 0 Å². The first-order chi connectivity index (χ1) is 41.4. The van der Waals surface area contributed by atoms with E-state index in [1.807, 2.05) is 78.9 Å². The van der Waals surface area contributed by atoms with Gasteiger partial charge in [-0.2, -0.15) is 0 Å². The third-order valence-corrected chi connectivity index (χ3v) is 15.4. The van der Waals surface area contributed by atoms with Crippen LogP contribution >= 0.6 is 0 Å². The molecule has 0 radical (unpaired) electrons. The van der Waals surface area contributed by atoms with E-state index in [0.29, 0.717) is 0 Å².